The van der Waals surface area contributed by atoms with Gasteiger partial charge in [-0.25, -0.2) is 4.98 Å². The Morgan fingerprint density at radius 2 is 2.00 bits per heavy atom. The summed E-state index contributed by atoms with van der Waals surface area (Å²) in [5.41, 5.74) is -0.834. The zero-order chi connectivity index (χ0) is 28.5. The maximum absolute atomic E-state index is 13.8. The number of ether oxygens (including phenoxy) is 2. The fourth-order valence-electron chi connectivity index (χ4n) is 5.68. The van der Waals surface area contributed by atoms with Crippen molar-refractivity contribution in [2.75, 3.05) is 6.61 Å². The highest BCUT2D eigenvalue weighted by molar-refractivity contribution is 7.09. The van der Waals surface area contributed by atoms with Gasteiger partial charge in [-0.3, -0.25) is 9.59 Å². The number of nitrogens with one attached hydrogen (secondary N) is 1. The number of ketones is 1. The SMILES string of the molecule is Cc1nc(C=C(Cl)C2CC3OC3(C)CCCC(C)C(O)C(CCC3CO3)C(=O)C(C)(C)C(O)CC(=O)N2)cs1. The number of aliphatic hydroxyl groups excluding tert-OH is 2. The van der Waals surface area contributed by atoms with Gasteiger partial charge >= 0.3 is 0 Å². The van der Waals surface area contributed by atoms with E-state index in [2.05, 4.69) is 17.2 Å². The third kappa shape index (κ3) is 7.68. The van der Waals surface area contributed by atoms with E-state index in [4.69, 9.17) is 21.1 Å². The molecule has 4 heterocycles. The summed E-state index contributed by atoms with van der Waals surface area (Å²) < 4.78 is 11.4. The summed E-state index contributed by atoms with van der Waals surface area (Å²) in [5.74, 6) is -1.37. The van der Waals surface area contributed by atoms with E-state index >= 15 is 0 Å². The average molecular weight is 583 g/mol. The largest absolute Gasteiger partial charge is 0.392 e. The number of carbonyl (C=O) groups excluding carboxylic acids is 2. The van der Waals surface area contributed by atoms with Crippen LogP contribution >= 0.6 is 22.9 Å². The summed E-state index contributed by atoms with van der Waals surface area (Å²) in [6, 6.07) is -0.515. The molecular formula is C29H43ClN2O6S. The molecule has 4 rings (SSSR count). The molecule has 39 heavy (non-hydrogen) atoms. The number of nitrogens with zero attached hydrogens (tertiary/aromatic N) is 1. The molecule has 3 aliphatic heterocycles. The Morgan fingerprint density at radius 3 is 2.64 bits per heavy atom. The zero-order valence-corrected chi connectivity index (χ0v) is 25.2. The van der Waals surface area contributed by atoms with Crippen LogP contribution in [0.15, 0.2) is 10.4 Å². The number of aryl methyl sites for hydroxylation is 1. The van der Waals surface area contributed by atoms with Gasteiger partial charge in [-0.05, 0) is 51.5 Å². The van der Waals surface area contributed by atoms with Gasteiger partial charge in [-0.15, -0.1) is 11.3 Å². The second-order valence-electron chi connectivity index (χ2n) is 12.4. The van der Waals surface area contributed by atoms with Crippen molar-refractivity contribution in [3.63, 3.8) is 0 Å². The monoisotopic (exact) mass is 582 g/mol. The van der Waals surface area contributed by atoms with Gasteiger partial charge < -0.3 is 25.0 Å². The molecule has 3 aliphatic rings. The lowest BCUT2D eigenvalue weighted by Gasteiger charge is -2.36. The van der Waals surface area contributed by atoms with Crippen molar-refractivity contribution < 1.29 is 29.3 Å². The number of halogens is 1. The van der Waals surface area contributed by atoms with Crippen molar-refractivity contribution in [2.45, 2.75) is 116 Å². The molecule has 218 valence electrons. The smallest absolute Gasteiger partial charge is 0.223 e. The van der Waals surface area contributed by atoms with Crippen molar-refractivity contribution in [1.29, 1.82) is 0 Å². The number of carbonyl (C=O) groups is 2. The fourth-order valence-corrected chi connectivity index (χ4v) is 6.50. The van der Waals surface area contributed by atoms with E-state index in [9.17, 15) is 19.8 Å². The first kappa shape index (κ1) is 30.6. The molecule has 3 fully saturated rings. The number of amides is 1. The lowest BCUT2D eigenvalue weighted by molar-refractivity contribution is -0.144. The lowest BCUT2D eigenvalue weighted by atomic mass is 9.70. The van der Waals surface area contributed by atoms with Crippen LogP contribution in [0.3, 0.4) is 0 Å². The third-order valence-electron chi connectivity index (χ3n) is 8.79. The van der Waals surface area contributed by atoms with E-state index in [-0.39, 0.29) is 35.9 Å². The highest BCUT2D eigenvalue weighted by Crippen LogP contribution is 2.45. The molecule has 10 heteroatoms. The van der Waals surface area contributed by atoms with Gasteiger partial charge in [-0.1, -0.05) is 38.8 Å². The molecule has 1 amide bonds. The van der Waals surface area contributed by atoms with Crippen LogP contribution in [0.25, 0.3) is 6.08 Å². The highest BCUT2D eigenvalue weighted by Gasteiger charge is 2.53. The molecular weight excluding hydrogens is 540 g/mol. The number of rotatable bonds is 5. The predicted molar refractivity (Wildman–Crippen MR) is 151 cm³/mol. The van der Waals surface area contributed by atoms with Gasteiger partial charge in [0.2, 0.25) is 5.91 Å². The zero-order valence-electron chi connectivity index (χ0n) is 23.6. The first-order valence-corrected chi connectivity index (χ1v) is 15.3. The summed E-state index contributed by atoms with van der Waals surface area (Å²) in [7, 11) is 0. The molecule has 0 saturated carbocycles. The van der Waals surface area contributed by atoms with Gasteiger partial charge in [0.25, 0.3) is 0 Å². The normalized spacial score (nSPS) is 38.2. The Bertz CT molecular complexity index is 1070. The number of hydrogen-bond donors (Lipinski definition) is 3. The first-order valence-electron chi connectivity index (χ1n) is 14.1. The van der Waals surface area contributed by atoms with Crippen molar-refractivity contribution in [3.05, 3.63) is 21.1 Å². The quantitative estimate of drug-likeness (QED) is 0.440. The molecule has 3 N–H and O–H groups in total. The molecule has 0 aliphatic carbocycles. The topological polar surface area (TPSA) is 125 Å². The van der Waals surface area contributed by atoms with E-state index in [0.29, 0.717) is 30.9 Å². The number of Topliss-reactive ketones (excluding diaryl/α,β-unsaturated/α-hetero) is 1. The molecule has 0 bridgehead atoms. The Labute approximate surface area is 240 Å². The van der Waals surface area contributed by atoms with Crippen LogP contribution in [-0.4, -0.2) is 69.6 Å². The fraction of sp³-hybridized carbons (Fsp3) is 0.759. The second kappa shape index (κ2) is 12.2. The van der Waals surface area contributed by atoms with E-state index in [1.165, 1.54) is 11.3 Å². The summed E-state index contributed by atoms with van der Waals surface area (Å²) in [5, 5.41) is 28.7. The van der Waals surface area contributed by atoms with Crippen LogP contribution < -0.4 is 5.32 Å². The molecule has 8 nitrogen and oxygen atoms in total. The molecule has 1 aromatic rings. The van der Waals surface area contributed by atoms with Crippen LogP contribution in [-0.2, 0) is 19.1 Å². The van der Waals surface area contributed by atoms with Gasteiger partial charge in [-0.2, -0.15) is 0 Å². The molecule has 0 radical (unpaired) electrons. The molecule has 0 spiro atoms. The minimum absolute atomic E-state index is 0.0792. The lowest BCUT2D eigenvalue weighted by Crippen LogP contribution is -2.48. The minimum atomic E-state index is -1.23. The average Bonchev–Trinajstić information content (AvgIpc) is 3.76. The van der Waals surface area contributed by atoms with Crippen LogP contribution in [0.1, 0.15) is 83.3 Å². The molecule has 1 aromatic heterocycles. The van der Waals surface area contributed by atoms with Gasteiger partial charge in [0.05, 0.1) is 65.2 Å². The second-order valence-corrected chi connectivity index (χ2v) is 13.9. The molecule has 8 atom stereocenters. The van der Waals surface area contributed by atoms with Gasteiger partial charge in [0.1, 0.15) is 5.78 Å². The highest BCUT2D eigenvalue weighted by atomic mass is 35.5. The van der Waals surface area contributed by atoms with Crippen LogP contribution in [0.5, 0.6) is 0 Å². The summed E-state index contributed by atoms with van der Waals surface area (Å²) in [4.78, 5) is 31.4. The maximum Gasteiger partial charge on any atom is 0.223 e. The van der Waals surface area contributed by atoms with Crippen molar-refractivity contribution in [2.24, 2.45) is 17.3 Å². The van der Waals surface area contributed by atoms with Crippen LogP contribution in [0, 0.1) is 24.2 Å². The van der Waals surface area contributed by atoms with Crippen molar-refractivity contribution in [3.8, 4) is 0 Å². The predicted octanol–water partition coefficient (Wildman–Crippen LogP) is 4.39. The summed E-state index contributed by atoms with van der Waals surface area (Å²) in [6.45, 7) is 9.96. The van der Waals surface area contributed by atoms with Gasteiger partial charge in [0.15, 0.2) is 0 Å². The van der Waals surface area contributed by atoms with Gasteiger partial charge in [0, 0.05) is 22.8 Å². The van der Waals surface area contributed by atoms with E-state index in [1.54, 1.807) is 19.9 Å². The maximum atomic E-state index is 13.8. The van der Waals surface area contributed by atoms with E-state index < -0.39 is 35.5 Å². The Balaban J connectivity index is 1.57. The van der Waals surface area contributed by atoms with Crippen molar-refractivity contribution in [1.82, 2.24) is 10.3 Å². The van der Waals surface area contributed by atoms with Crippen LogP contribution in [0.4, 0.5) is 0 Å². The standard InChI is InChI=1S/C29H43ClN2O6S/c1-16-7-6-10-29(5)24(38-29)12-22(21(30)11-18-15-39-17(2)31-18)32-25(34)13-23(33)28(3,4)27(36)20(26(16)35)9-8-19-14-37-19/h11,15-16,19-20,22-24,26,33,35H,6-10,12-14H2,1-5H3,(H,32,34). The molecule has 0 aromatic carbocycles. The number of thiazole rings is 1. The number of hydrogen-bond acceptors (Lipinski definition) is 8. The van der Waals surface area contributed by atoms with Crippen LogP contribution in [0.2, 0.25) is 0 Å². The number of aromatic nitrogens is 1. The number of aliphatic hydroxyl groups is 2. The number of fused-ring (bicyclic) bond motifs is 1. The van der Waals surface area contributed by atoms with Crippen molar-refractivity contribution >= 4 is 40.7 Å². The summed E-state index contributed by atoms with van der Waals surface area (Å²) >= 11 is 8.25. The number of epoxide rings is 2. The first-order chi connectivity index (χ1) is 18.3. The Hall–Kier alpha value is -1.36. The molecule has 3 saturated heterocycles. The molecule has 8 unspecified atom stereocenters. The third-order valence-corrected chi connectivity index (χ3v) is 9.95. The van der Waals surface area contributed by atoms with E-state index in [1.807, 2.05) is 19.2 Å². The Morgan fingerprint density at radius 1 is 1.28 bits per heavy atom. The van der Waals surface area contributed by atoms with E-state index in [0.717, 1.165) is 30.0 Å². The Kier molecular flexibility index (Phi) is 9.61. The summed E-state index contributed by atoms with van der Waals surface area (Å²) in [6.07, 6.45) is 3.54. The minimum Gasteiger partial charge on any atom is -0.392 e.